The molecule has 0 aromatic heterocycles. The minimum atomic E-state index is -1.41. The molecule has 0 unspecified atom stereocenters. The number of carboxylic acids is 1. The van der Waals surface area contributed by atoms with E-state index in [1.807, 2.05) is 42.5 Å². The Morgan fingerprint density at radius 1 is 1.06 bits per heavy atom. The number of nitro benzene ring substituents is 1. The third-order valence-electron chi connectivity index (χ3n) is 5.67. The van der Waals surface area contributed by atoms with E-state index in [4.69, 9.17) is 0 Å². The highest BCUT2D eigenvalue weighted by atomic mass is 16.6. The van der Waals surface area contributed by atoms with Crippen molar-refractivity contribution >= 4 is 39.6 Å². The number of hydrogen-bond acceptors (Lipinski definition) is 4. The summed E-state index contributed by atoms with van der Waals surface area (Å²) in [4.78, 5) is 35.2. The van der Waals surface area contributed by atoms with Crippen LogP contribution in [0.1, 0.15) is 46.5 Å². The largest absolute Gasteiger partial charge is 0.477 e. The van der Waals surface area contributed by atoms with E-state index in [2.05, 4.69) is 25.2 Å². The van der Waals surface area contributed by atoms with E-state index in [0.717, 1.165) is 40.5 Å². The maximum absolute atomic E-state index is 13.3. The molecule has 7 heteroatoms. The molecule has 1 amide bonds. The number of nitrogens with zero attached hydrogens (tertiary/aromatic N) is 1. The number of nitro groups is 1. The Balaban J connectivity index is 1.79. The first-order valence-corrected chi connectivity index (χ1v) is 10.4. The second-order valence-electron chi connectivity index (χ2n) is 8.67. The van der Waals surface area contributed by atoms with E-state index in [9.17, 15) is 24.8 Å². The minimum Gasteiger partial charge on any atom is -0.477 e. The molecule has 0 heterocycles. The predicted octanol–water partition coefficient (Wildman–Crippen LogP) is 6.07. The molecule has 0 atom stereocenters. The van der Waals surface area contributed by atoms with Gasteiger partial charge in [-0.1, -0.05) is 62.4 Å². The number of carboxylic acid groups (broad SMARTS) is 1. The summed E-state index contributed by atoms with van der Waals surface area (Å²) in [5.74, 6) is -1.84. The lowest BCUT2D eigenvalue weighted by Crippen LogP contribution is -2.17. The van der Waals surface area contributed by atoms with Gasteiger partial charge in [-0.3, -0.25) is 14.9 Å². The minimum absolute atomic E-state index is 0.0674. The van der Waals surface area contributed by atoms with Crippen LogP contribution in [0.2, 0.25) is 0 Å². The average Bonchev–Trinajstić information content (AvgIpc) is 2.77. The zero-order valence-corrected chi connectivity index (χ0v) is 18.2. The van der Waals surface area contributed by atoms with Crippen LogP contribution < -0.4 is 5.32 Å². The van der Waals surface area contributed by atoms with E-state index in [-0.39, 0.29) is 11.1 Å². The van der Waals surface area contributed by atoms with Crippen LogP contribution in [0, 0.1) is 15.5 Å². The molecule has 0 spiro atoms. The molecule has 33 heavy (non-hydrogen) atoms. The predicted molar refractivity (Wildman–Crippen MR) is 127 cm³/mol. The normalized spacial score (nSPS) is 14.5. The number of benzene rings is 3. The lowest BCUT2D eigenvalue weighted by molar-refractivity contribution is -0.385. The molecule has 7 nitrogen and oxygen atoms in total. The van der Waals surface area contributed by atoms with Gasteiger partial charge in [-0.15, -0.1) is 0 Å². The van der Waals surface area contributed by atoms with Crippen LogP contribution in [-0.2, 0) is 0 Å². The van der Waals surface area contributed by atoms with Crippen LogP contribution in [0.5, 0.6) is 0 Å². The summed E-state index contributed by atoms with van der Waals surface area (Å²) in [6.07, 6.45) is 6.88. The summed E-state index contributed by atoms with van der Waals surface area (Å²) >= 11 is 0. The van der Waals surface area contributed by atoms with Gasteiger partial charge in [-0.25, -0.2) is 4.79 Å². The molecule has 0 fully saturated rings. The van der Waals surface area contributed by atoms with Crippen LogP contribution in [0.15, 0.2) is 72.8 Å². The second-order valence-corrected chi connectivity index (χ2v) is 8.67. The molecule has 166 valence electrons. The van der Waals surface area contributed by atoms with Crippen molar-refractivity contribution in [2.24, 2.45) is 5.41 Å². The summed E-state index contributed by atoms with van der Waals surface area (Å²) in [5, 5.41) is 25.1. The van der Waals surface area contributed by atoms with Gasteiger partial charge in [-0.05, 0) is 51.9 Å². The summed E-state index contributed by atoms with van der Waals surface area (Å²) in [5.41, 5.74) is 1.34. The van der Waals surface area contributed by atoms with Crippen molar-refractivity contribution in [2.45, 2.75) is 20.3 Å². The third-order valence-corrected chi connectivity index (χ3v) is 5.67. The number of hydrogen-bond donors (Lipinski definition) is 2. The van der Waals surface area contributed by atoms with E-state index in [1.54, 1.807) is 6.07 Å². The van der Waals surface area contributed by atoms with Crippen molar-refractivity contribution in [3.8, 4) is 0 Å². The van der Waals surface area contributed by atoms with E-state index >= 15 is 0 Å². The molecular weight excluding hydrogens is 420 g/mol. The van der Waals surface area contributed by atoms with Crippen molar-refractivity contribution in [1.29, 1.82) is 0 Å². The van der Waals surface area contributed by atoms with E-state index in [0.29, 0.717) is 5.56 Å². The fourth-order valence-electron chi connectivity index (χ4n) is 4.15. The number of fused-ring (bicyclic) bond motifs is 1. The Labute approximate surface area is 190 Å². The van der Waals surface area contributed by atoms with Gasteiger partial charge in [0.05, 0.1) is 4.92 Å². The molecule has 0 saturated carbocycles. The van der Waals surface area contributed by atoms with Crippen LogP contribution >= 0.6 is 0 Å². The van der Waals surface area contributed by atoms with Gasteiger partial charge in [0.2, 0.25) is 0 Å². The molecule has 2 N–H and O–H groups in total. The maximum Gasteiger partial charge on any atom is 0.342 e. The highest BCUT2D eigenvalue weighted by Crippen LogP contribution is 2.39. The number of allylic oxidation sites excluding steroid dienone is 4. The zero-order chi connectivity index (χ0) is 23.8. The van der Waals surface area contributed by atoms with E-state index in [1.165, 1.54) is 6.07 Å². The molecule has 3 aromatic rings. The van der Waals surface area contributed by atoms with Gasteiger partial charge in [0.15, 0.2) is 0 Å². The standard InChI is InChI=1S/C26H22N2O5/c1-26(2)13-5-7-17(15-26)23-19-8-4-3-6-16(19)9-11-21(23)24(29)27-18-10-12-20(25(30)31)22(14-18)28(32)33/h3-14H,15H2,1-2H3,(H,27,29)(H,30,31). The van der Waals surface area contributed by atoms with Gasteiger partial charge >= 0.3 is 5.97 Å². The number of nitrogens with one attached hydrogen (secondary N) is 1. The molecule has 1 aliphatic rings. The molecule has 0 saturated heterocycles. The number of aromatic carboxylic acids is 1. The molecule has 4 rings (SSSR count). The van der Waals surface area contributed by atoms with Crippen LogP contribution in [0.25, 0.3) is 16.3 Å². The number of anilines is 1. The average molecular weight is 442 g/mol. The topological polar surface area (TPSA) is 110 Å². The van der Waals surface area contributed by atoms with Crippen LogP contribution in [0.3, 0.4) is 0 Å². The van der Waals surface area contributed by atoms with Gasteiger partial charge < -0.3 is 10.4 Å². The summed E-state index contributed by atoms with van der Waals surface area (Å²) in [6, 6.07) is 15.0. The van der Waals surface area contributed by atoms with Gasteiger partial charge in [0.1, 0.15) is 5.56 Å². The van der Waals surface area contributed by atoms with E-state index < -0.39 is 28.1 Å². The first-order valence-electron chi connectivity index (χ1n) is 10.4. The Morgan fingerprint density at radius 2 is 1.79 bits per heavy atom. The first kappa shape index (κ1) is 22.0. The highest BCUT2D eigenvalue weighted by molar-refractivity contribution is 6.12. The molecule has 1 aliphatic carbocycles. The van der Waals surface area contributed by atoms with Gasteiger partial charge in [-0.2, -0.15) is 0 Å². The Bertz CT molecular complexity index is 1370. The van der Waals surface area contributed by atoms with Crippen LogP contribution in [0.4, 0.5) is 11.4 Å². The Kier molecular flexibility index (Phi) is 5.55. The Morgan fingerprint density at radius 3 is 2.48 bits per heavy atom. The zero-order valence-electron chi connectivity index (χ0n) is 18.2. The Hall–Kier alpha value is -4.26. The highest BCUT2D eigenvalue weighted by Gasteiger charge is 2.25. The first-order chi connectivity index (χ1) is 15.7. The van der Waals surface area contributed by atoms with Crippen LogP contribution in [-0.4, -0.2) is 21.9 Å². The van der Waals surface area contributed by atoms with Gasteiger partial charge in [0.25, 0.3) is 11.6 Å². The van der Waals surface area contributed by atoms with Crippen molar-refractivity contribution in [3.05, 3.63) is 99.6 Å². The fraction of sp³-hybridized carbons (Fsp3) is 0.154. The lowest BCUT2D eigenvalue weighted by Gasteiger charge is -2.27. The molecule has 3 aromatic carbocycles. The quantitative estimate of drug-likeness (QED) is 0.368. The molecule has 0 aliphatic heterocycles. The lowest BCUT2D eigenvalue weighted by atomic mass is 9.78. The third kappa shape index (κ3) is 4.39. The second kappa shape index (κ2) is 8.35. The van der Waals surface area contributed by atoms with Crippen molar-refractivity contribution in [2.75, 3.05) is 5.32 Å². The molecule has 0 bridgehead atoms. The molecular formula is C26H22N2O5. The number of carbonyl (C=O) groups excluding carboxylic acids is 1. The van der Waals surface area contributed by atoms with Crippen molar-refractivity contribution in [1.82, 2.24) is 0 Å². The summed E-state index contributed by atoms with van der Waals surface area (Å²) < 4.78 is 0. The van der Waals surface area contributed by atoms with Gasteiger partial charge in [0, 0.05) is 17.3 Å². The van der Waals surface area contributed by atoms with Crippen molar-refractivity contribution < 1.29 is 19.6 Å². The smallest absolute Gasteiger partial charge is 0.342 e. The summed E-state index contributed by atoms with van der Waals surface area (Å²) in [6.45, 7) is 4.26. The maximum atomic E-state index is 13.3. The van der Waals surface area contributed by atoms with Crippen molar-refractivity contribution in [3.63, 3.8) is 0 Å². The number of amides is 1. The number of rotatable bonds is 5. The summed E-state index contributed by atoms with van der Waals surface area (Å²) in [7, 11) is 0. The fourth-order valence-corrected chi connectivity index (χ4v) is 4.15. The molecule has 0 radical (unpaired) electrons. The number of carbonyl (C=O) groups is 2. The SMILES string of the molecule is CC1(C)C=CC=C(c2c(C(=O)Nc3ccc(C(=O)O)c([N+](=O)[O-])c3)ccc3ccccc23)C1. The monoisotopic (exact) mass is 442 g/mol.